The van der Waals surface area contributed by atoms with E-state index >= 15 is 0 Å². The van der Waals surface area contributed by atoms with Crippen molar-refractivity contribution in [1.29, 1.82) is 0 Å². The summed E-state index contributed by atoms with van der Waals surface area (Å²) in [7, 11) is 0. The Kier molecular flexibility index (Phi) is 7.82. The maximum absolute atomic E-state index is 6.31. The Morgan fingerprint density at radius 1 is 0.298 bits per heavy atom. The fourth-order valence-corrected chi connectivity index (χ4v) is 8.46. The minimum atomic E-state index is 0.891. The van der Waals surface area contributed by atoms with Crippen LogP contribution < -0.4 is 4.90 Å². The van der Waals surface area contributed by atoms with Crippen molar-refractivity contribution in [2.24, 2.45) is 0 Å². The van der Waals surface area contributed by atoms with Crippen LogP contribution in [0.15, 0.2) is 223 Å². The van der Waals surface area contributed by atoms with E-state index in [-0.39, 0.29) is 0 Å². The van der Waals surface area contributed by atoms with Crippen molar-refractivity contribution >= 4 is 60.8 Å². The SMILES string of the molecule is c1ccc(-c2cccc(-c3ccc(N(c4cccc(-c5ccc6c(c5)oc5ccccc56)c4)c4cccc(-n5c6ccccc6c6ccccc65)c4)cc3)c2)cc1. The average molecular weight is 729 g/mol. The monoisotopic (exact) mass is 728 g/mol. The number of hydrogen-bond acceptors (Lipinski definition) is 2. The van der Waals surface area contributed by atoms with E-state index in [1.54, 1.807) is 0 Å². The molecule has 0 aliphatic heterocycles. The zero-order valence-electron chi connectivity index (χ0n) is 31.1. The summed E-state index contributed by atoms with van der Waals surface area (Å²) in [5.74, 6) is 0. The summed E-state index contributed by atoms with van der Waals surface area (Å²) in [6, 6.07) is 78.2. The van der Waals surface area contributed by atoms with Gasteiger partial charge in [-0.05, 0) is 112 Å². The molecule has 2 aromatic heterocycles. The Morgan fingerprint density at radius 2 is 0.807 bits per heavy atom. The number of rotatable bonds is 7. The van der Waals surface area contributed by atoms with Gasteiger partial charge < -0.3 is 13.9 Å². The van der Waals surface area contributed by atoms with Gasteiger partial charge in [0.15, 0.2) is 0 Å². The van der Waals surface area contributed by atoms with Gasteiger partial charge in [-0.15, -0.1) is 0 Å². The zero-order valence-corrected chi connectivity index (χ0v) is 31.1. The molecular formula is C54H36N2O. The Hall–Kier alpha value is -7.62. The van der Waals surface area contributed by atoms with Crippen LogP contribution in [-0.4, -0.2) is 4.57 Å². The molecule has 0 amide bonds. The van der Waals surface area contributed by atoms with Crippen LogP contribution in [0.25, 0.3) is 82.8 Å². The molecule has 11 rings (SSSR count). The average Bonchev–Trinajstić information content (AvgIpc) is 3.83. The molecule has 3 heteroatoms. The van der Waals surface area contributed by atoms with Gasteiger partial charge in [-0.25, -0.2) is 0 Å². The van der Waals surface area contributed by atoms with E-state index in [4.69, 9.17) is 4.42 Å². The highest BCUT2D eigenvalue weighted by atomic mass is 16.3. The minimum Gasteiger partial charge on any atom is -0.456 e. The molecule has 0 aliphatic rings. The van der Waals surface area contributed by atoms with Gasteiger partial charge in [-0.1, -0.05) is 140 Å². The smallest absolute Gasteiger partial charge is 0.136 e. The van der Waals surface area contributed by atoms with Crippen LogP contribution in [0.4, 0.5) is 17.1 Å². The van der Waals surface area contributed by atoms with E-state index in [1.165, 1.54) is 44.1 Å². The van der Waals surface area contributed by atoms with Crippen LogP contribution in [0.5, 0.6) is 0 Å². The molecule has 0 saturated heterocycles. The maximum Gasteiger partial charge on any atom is 0.136 e. The molecule has 3 nitrogen and oxygen atoms in total. The lowest BCUT2D eigenvalue weighted by atomic mass is 9.98. The summed E-state index contributed by atoms with van der Waals surface area (Å²) in [6.07, 6.45) is 0. The van der Waals surface area contributed by atoms with E-state index in [2.05, 4.69) is 216 Å². The van der Waals surface area contributed by atoms with Gasteiger partial charge in [0.25, 0.3) is 0 Å². The van der Waals surface area contributed by atoms with E-state index in [1.807, 2.05) is 12.1 Å². The van der Waals surface area contributed by atoms with Crippen LogP contribution in [0.3, 0.4) is 0 Å². The lowest BCUT2D eigenvalue weighted by Gasteiger charge is -2.27. The van der Waals surface area contributed by atoms with Crippen molar-refractivity contribution < 1.29 is 4.42 Å². The third-order valence-corrected chi connectivity index (χ3v) is 11.2. The third kappa shape index (κ3) is 5.76. The molecular weight excluding hydrogens is 693 g/mol. The Morgan fingerprint density at radius 3 is 1.54 bits per heavy atom. The number of para-hydroxylation sites is 3. The summed E-state index contributed by atoms with van der Waals surface area (Å²) in [5, 5.41) is 4.76. The molecule has 0 N–H and O–H groups in total. The number of hydrogen-bond donors (Lipinski definition) is 0. The second-order valence-electron chi connectivity index (χ2n) is 14.6. The summed E-state index contributed by atoms with van der Waals surface area (Å²) in [5.41, 5.74) is 15.5. The van der Waals surface area contributed by atoms with Gasteiger partial charge in [0.05, 0.1) is 11.0 Å². The van der Waals surface area contributed by atoms with E-state index in [0.717, 1.165) is 55.8 Å². The lowest BCUT2D eigenvalue weighted by molar-refractivity contribution is 0.669. The topological polar surface area (TPSA) is 21.3 Å². The Balaban J connectivity index is 1.04. The first-order valence-electron chi connectivity index (χ1n) is 19.4. The van der Waals surface area contributed by atoms with Crippen molar-refractivity contribution in [3.63, 3.8) is 0 Å². The first-order valence-corrected chi connectivity index (χ1v) is 19.4. The zero-order chi connectivity index (χ0) is 37.7. The highest BCUT2D eigenvalue weighted by Gasteiger charge is 2.18. The van der Waals surface area contributed by atoms with Gasteiger partial charge in [0.1, 0.15) is 11.2 Å². The fraction of sp³-hybridized carbons (Fsp3) is 0. The number of fused-ring (bicyclic) bond motifs is 6. The second kappa shape index (κ2) is 13.6. The number of aromatic nitrogens is 1. The summed E-state index contributed by atoms with van der Waals surface area (Å²) in [6.45, 7) is 0. The first kappa shape index (κ1) is 32.8. The normalized spacial score (nSPS) is 11.5. The highest BCUT2D eigenvalue weighted by Crippen LogP contribution is 2.41. The van der Waals surface area contributed by atoms with Crippen molar-refractivity contribution in [3.8, 4) is 39.1 Å². The van der Waals surface area contributed by atoms with Crippen LogP contribution in [0, 0.1) is 0 Å². The van der Waals surface area contributed by atoms with Gasteiger partial charge in [0, 0.05) is 44.3 Å². The molecule has 0 radical (unpaired) electrons. The summed E-state index contributed by atoms with van der Waals surface area (Å²) >= 11 is 0. The number of nitrogens with zero attached hydrogens (tertiary/aromatic N) is 2. The molecule has 0 atom stereocenters. The second-order valence-corrected chi connectivity index (χ2v) is 14.6. The molecule has 0 aliphatic carbocycles. The number of benzene rings is 9. The van der Waals surface area contributed by atoms with Crippen molar-refractivity contribution in [3.05, 3.63) is 218 Å². The van der Waals surface area contributed by atoms with Crippen LogP contribution in [0.2, 0.25) is 0 Å². The summed E-state index contributed by atoms with van der Waals surface area (Å²) < 4.78 is 8.69. The van der Waals surface area contributed by atoms with Gasteiger partial charge >= 0.3 is 0 Å². The quantitative estimate of drug-likeness (QED) is 0.163. The van der Waals surface area contributed by atoms with E-state index in [9.17, 15) is 0 Å². The molecule has 11 aromatic rings. The van der Waals surface area contributed by atoms with E-state index in [0.29, 0.717) is 0 Å². The van der Waals surface area contributed by atoms with Crippen LogP contribution in [0.1, 0.15) is 0 Å². The third-order valence-electron chi connectivity index (χ3n) is 11.2. The summed E-state index contributed by atoms with van der Waals surface area (Å²) in [4.78, 5) is 2.37. The molecule has 0 unspecified atom stereocenters. The van der Waals surface area contributed by atoms with Crippen LogP contribution >= 0.6 is 0 Å². The predicted octanol–water partition coefficient (Wildman–Crippen LogP) is 15.2. The van der Waals surface area contributed by atoms with Crippen molar-refractivity contribution in [2.75, 3.05) is 4.90 Å². The molecule has 57 heavy (non-hydrogen) atoms. The largest absolute Gasteiger partial charge is 0.456 e. The molecule has 0 saturated carbocycles. The van der Waals surface area contributed by atoms with E-state index < -0.39 is 0 Å². The predicted molar refractivity (Wildman–Crippen MR) is 239 cm³/mol. The minimum absolute atomic E-state index is 0.891. The molecule has 0 spiro atoms. The molecule has 0 bridgehead atoms. The Labute approximate surface area is 330 Å². The van der Waals surface area contributed by atoms with Gasteiger partial charge in [-0.2, -0.15) is 0 Å². The van der Waals surface area contributed by atoms with Crippen molar-refractivity contribution in [2.45, 2.75) is 0 Å². The van der Waals surface area contributed by atoms with Gasteiger partial charge in [-0.3, -0.25) is 0 Å². The first-order chi connectivity index (χ1) is 28.2. The lowest BCUT2D eigenvalue weighted by Crippen LogP contribution is -2.10. The number of furan rings is 1. The molecule has 268 valence electrons. The van der Waals surface area contributed by atoms with Crippen molar-refractivity contribution in [1.82, 2.24) is 4.57 Å². The standard InChI is InChI=1S/C54H36N2O/c1-2-13-37(14-3-1)39-15-10-16-40(33-39)38-27-30-43(31-28-38)55(44-18-11-17-41(34-44)42-29-32-50-49-23-6-9-26-53(49)57-54(50)35-42)45-19-12-20-46(36-45)56-51-24-7-4-21-47(51)48-22-5-8-25-52(48)56/h1-36H. The highest BCUT2D eigenvalue weighted by molar-refractivity contribution is 6.09. The molecule has 2 heterocycles. The molecule has 0 fully saturated rings. The maximum atomic E-state index is 6.31. The fourth-order valence-electron chi connectivity index (χ4n) is 8.46. The number of anilines is 3. The van der Waals surface area contributed by atoms with Gasteiger partial charge in [0.2, 0.25) is 0 Å². The molecule has 9 aromatic carbocycles. The Bertz CT molecular complexity index is 3190. The van der Waals surface area contributed by atoms with Crippen LogP contribution in [-0.2, 0) is 0 Å².